The number of pyridine rings is 1. The molecule has 1 fully saturated rings. The Bertz CT molecular complexity index is 594. The Morgan fingerprint density at radius 1 is 1.45 bits per heavy atom. The first-order chi connectivity index (χ1) is 10.2. The highest BCUT2D eigenvalue weighted by atomic mass is 35.5. The van der Waals surface area contributed by atoms with Gasteiger partial charge in [0.05, 0.1) is 0 Å². The third-order valence-corrected chi connectivity index (χ3v) is 3.27. The van der Waals surface area contributed by atoms with Gasteiger partial charge in [-0.05, 0) is 39.7 Å². The van der Waals surface area contributed by atoms with Crippen molar-refractivity contribution in [1.29, 1.82) is 0 Å². The lowest BCUT2D eigenvalue weighted by Gasteiger charge is -2.24. The van der Waals surface area contributed by atoms with Crippen molar-refractivity contribution in [2.24, 2.45) is 0 Å². The molecule has 0 amide bonds. The van der Waals surface area contributed by atoms with Crippen molar-refractivity contribution in [3.8, 4) is 5.88 Å². The quantitative estimate of drug-likeness (QED) is 0.489. The van der Waals surface area contributed by atoms with Gasteiger partial charge >= 0.3 is 5.97 Å². The van der Waals surface area contributed by atoms with Crippen LogP contribution in [-0.4, -0.2) is 39.5 Å². The molecule has 0 radical (unpaired) electrons. The molecule has 2 rings (SSSR count). The van der Waals surface area contributed by atoms with E-state index in [2.05, 4.69) is 10.3 Å². The Hall–Kier alpha value is -1.66. The van der Waals surface area contributed by atoms with E-state index in [1.54, 1.807) is 20.8 Å². The minimum absolute atomic E-state index is 0.0415. The van der Waals surface area contributed by atoms with Crippen LogP contribution >= 0.6 is 11.6 Å². The van der Waals surface area contributed by atoms with E-state index in [4.69, 9.17) is 16.3 Å². The molecule has 1 aliphatic carbocycles. The summed E-state index contributed by atoms with van der Waals surface area (Å²) < 4.78 is 5.30. The number of carbonyl (C=O) groups is 2. The topological polar surface area (TPSA) is 88.5 Å². The highest BCUT2D eigenvalue weighted by Crippen LogP contribution is 2.24. The maximum Gasteiger partial charge on any atom is 0.331 e. The summed E-state index contributed by atoms with van der Waals surface area (Å²) in [6, 6.07) is 0.328. The van der Waals surface area contributed by atoms with Gasteiger partial charge in [0.2, 0.25) is 5.88 Å². The summed E-state index contributed by atoms with van der Waals surface area (Å²) in [7, 11) is 0. The number of hydrogen-bond donors (Lipinski definition) is 2. The lowest BCUT2D eigenvalue weighted by Crippen LogP contribution is -2.47. The summed E-state index contributed by atoms with van der Waals surface area (Å²) in [4.78, 5) is 28.5. The number of carbonyl (C=O) groups excluding carboxylic acids is 2. The van der Waals surface area contributed by atoms with Crippen LogP contribution in [0, 0.1) is 0 Å². The van der Waals surface area contributed by atoms with Crippen LogP contribution in [0.3, 0.4) is 0 Å². The molecule has 6 nitrogen and oxygen atoms in total. The van der Waals surface area contributed by atoms with Crippen molar-refractivity contribution < 1.29 is 19.4 Å². The molecule has 0 saturated heterocycles. The molecule has 1 atom stereocenters. The second-order valence-corrected chi connectivity index (χ2v) is 6.71. The first-order valence-electron chi connectivity index (χ1n) is 7.05. The molecule has 1 aliphatic rings. The highest BCUT2D eigenvalue weighted by Gasteiger charge is 2.36. The minimum Gasteiger partial charge on any atom is -0.492 e. The summed E-state index contributed by atoms with van der Waals surface area (Å²) in [5.74, 6) is -1.47. The van der Waals surface area contributed by atoms with E-state index in [1.807, 2.05) is 0 Å². The molecular weight excluding hydrogens is 308 g/mol. The molecular formula is C15H19ClN2O4. The van der Waals surface area contributed by atoms with Crippen molar-refractivity contribution in [2.75, 3.05) is 0 Å². The third kappa shape index (κ3) is 4.42. The zero-order valence-electron chi connectivity index (χ0n) is 12.7. The Morgan fingerprint density at radius 3 is 2.59 bits per heavy atom. The van der Waals surface area contributed by atoms with Gasteiger partial charge in [-0.1, -0.05) is 11.6 Å². The number of esters is 1. The van der Waals surface area contributed by atoms with Gasteiger partial charge in [-0.15, -0.1) is 0 Å². The average molecular weight is 327 g/mol. The molecule has 0 bridgehead atoms. The van der Waals surface area contributed by atoms with E-state index in [0.29, 0.717) is 0 Å². The second-order valence-electron chi connectivity index (χ2n) is 6.30. The number of nitrogens with zero attached hydrogens (tertiary/aromatic N) is 1. The number of halogens is 1. The van der Waals surface area contributed by atoms with Gasteiger partial charge in [-0.25, -0.2) is 9.78 Å². The number of ketones is 1. The third-order valence-electron chi connectivity index (χ3n) is 2.99. The van der Waals surface area contributed by atoms with Crippen LogP contribution in [0.4, 0.5) is 0 Å². The maximum atomic E-state index is 12.6. The van der Waals surface area contributed by atoms with Gasteiger partial charge in [-0.3, -0.25) is 10.1 Å². The summed E-state index contributed by atoms with van der Waals surface area (Å²) in [6.45, 7) is 5.22. The Labute approximate surface area is 133 Å². The van der Waals surface area contributed by atoms with Crippen molar-refractivity contribution in [3.63, 3.8) is 0 Å². The lowest BCUT2D eigenvalue weighted by molar-refractivity contribution is -0.156. The lowest BCUT2D eigenvalue weighted by atomic mass is 10.1. The average Bonchev–Trinajstić information content (AvgIpc) is 3.20. The summed E-state index contributed by atoms with van der Waals surface area (Å²) in [5.41, 5.74) is -0.544. The Balaban J connectivity index is 2.21. The summed E-state index contributed by atoms with van der Waals surface area (Å²) >= 11 is 5.77. The largest absolute Gasteiger partial charge is 0.492 e. The second kappa shape index (κ2) is 6.22. The van der Waals surface area contributed by atoms with Gasteiger partial charge in [0.15, 0.2) is 11.8 Å². The van der Waals surface area contributed by atoms with E-state index < -0.39 is 23.4 Å². The van der Waals surface area contributed by atoms with E-state index in [0.717, 1.165) is 12.8 Å². The molecule has 1 aromatic heterocycles. The van der Waals surface area contributed by atoms with Gasteiger partial charge in [0, 0.05) is 17.8 Å². The molecule has 0 spiro atoms. The molecule has 1 heterocycles. The number of ether oxygens (including phenoxy) is 1. The van der Waals surface area contributed by atoms with Crippen molar-refractivity contribution in [1.82, 2.24) is 10.3 Å². The maximum absolute atomic E-state index is 12.6. The van der Waals surface area contributed by atoms with Crippen LogP contribution in [0.25, 0.3) is 0 Å². The zero-order chi connectivity index (χ0) is 16.5. The van der Waals surface area contributed by atoms with Crippen molar-refractivity contribution in [2.45, 2.75) is 51.3 Å². The fourth-order valence-electron chi connectivity index (χ4n) is 1.83. The molecule has 1 unspecified atom stereocenters. The van der Waals surface area contributed by atoms with E-state index in [-0.39, 0.29) is 22.5 Å². The molecule has 1 saturated carbocycles. The van der Waals surface area contributed by atoms with Crippen LogP contribution in [0.5, 0.6) is 5.88 Å². The van der Waals surface area contributed by atoms with E-state index >= 15 is 0 Å². The molecule has 22 heavy (non-hydrogen) atoms. The standard InChI is InChI=1S/C15H19ClN2O4/c1-15(2,3)22-14(21)11(18-9-4-5-9)12(19)8-6-10(16)13(20)17-7-8/h6-7,9,11,18H,4-5H2,1-3H3,(H,17,20). The Kier molecular flexibility index (Phi) is 4.72. The first-order valence-corrected chi connectivity index (χ1v) is 7.43. The van der Waals surface area contributed by atoms with Gasteiger partial charge < -0.3 is 9.84 Å². The van der Waals surface area contributed by atoms with Gasteiger partial charge in [0.25, 0.3) is 0 Å². The molecule has 1 aromatic rings. The SMILES string of the molecule is CC(C)(C)OC(=O)C(NC1CC1)C(=O)c1cnc(O)c(Cl)c1. The smallest absolute Gasteiger partial charge is 0.331 e. The van der Waals surface area contributed by atoms with Gasteiger partial charge in [0.1, 0.15) is 10.6 Å². The van der Waals surface area contributed by atoms with Gasteiger partial charge in [-0.2, -0.15) is 0 Å². The number of aromatic hydroxyl groups is 1. The number of nitrogens with one attached hydrogen (secondary N) is 1. The van der Waals surface area contributed by atoms with E-state index in [9.17, 15) is 14.7 Å². The van der Waals surface area contributed by atoms with Crippen LogP contribution in [0.1, 0.15) is 44.0 Å². The van der Waals surface area contributed by atoms with Crippen molar-refractivity contribution in [3.05, 3.63) is 22.8 Å². The molecule has 7 heteroatoms. The van der Waals surface area contributed by atoms with E-state index in [1.165, 1.54) is 12.3 Å². The highest BCUT2D eigenvalue weighted by molar-refractivity contribution is 6.32. The summed E-state index contributed by atoms with van der Waals surface area (Å²) in [5, 5.41) is 12.3. The number of aromatic nitrogens is 1. The zero-order valence-corrected chi connectivity index (χ0v) is 13.5. The molecule has 120 valence electrons. The predicted octanol–water partition coefficient (Wildman–Crippen LogP) is 2.09. The normalized spacial score (nSPS) is 16.2. The summed E-state index contributed by atoms with van der Waals surface area (Å²) in [6.07, 6.45) is 3.03. The number of rotatable bonds is 5. The molecule has 0 aromatic carbocycles. The van der Waals surface area contributed by atoms with Crippen LogP contribution in [0.2, 0.25) is 5.02 Å². The Morgan fingerprint density at radius 2 is 2.09 bits per heavy atom. The van der Waals surface area contributed by atoms with Crippen LogP contribution < -0.4 is 5.32 Å². The van der Waals surface area contributed by atoms with Crippen LogP contribution in [0.15, 0.2) is 12.3 Å². The fraction of sp³-hybridized carbons (Fsp3) is 0.533. The molecule has 2 N–H and O–H groups in total. The van der Waals surface area contributed by atoms with Crippen molar-refractivity contribution >= 4 is 23.4 Å². The molecule has 0 aliphatic heterocycles. The monoisotopic (exact) mass is 326 g/mol. The minimum atomic E-state index is -1.10. The number of Topliss-reactive ketones (excluding diaryl/α,β-unsaturated/α-hetero) is 1. The first kappa shape index (κ1) is 16.7. The number of hydrogen-bond acceptors (Lipinski definition) is 6. The fourth-order valence-corrected chi connectivity index (χ4v) is 2.00. The van der Waals surface area contributed by atoms with Crippen LogP contribution in [-0.2, 0) is 9.53 Å². The predicted molar refractivity (Wildman–Crippen MR) is 81.0 cm³/mol.